The first kappa shape index (κ1) is 22.2. The number of benzene rings is 1. The van der Waals surface area contributed by atoms with Gasteiger partial charge in [0.2, 0.25) is 0 Å². The summed E-state index contributed by atoms with van der Waals surface area (Å²) in [5.41, 5.74) is 1.26. The summed E-state index contributed by atoms with van der Waals surface area (Å²) in [6.07, 6.45) is 16.1. The van der Waals surface area contributed by atoms with Crippen molar-refractivity contribution in [3.63, 3.8) is 0 Å². The average molecular weight is 348 g/mol. The molecule has 0 aliphatic heterocycles. The summed E-state index contributed by atoms with van der Waals surface area (Å²) in [6, 6.07) is 10.5. The van der Waals surface area contributed by atoms with Gasteiger partial charge < -0.3 is 0 Å². The van der Waals surface area contributed by atoms with Gasteiger partial charge in [-0.2, -0.15) is 5.06 Å². The van der Waals surface area contributed by atoms with Crippen LogP contribution in [0, 0.1) is 0 Å². The van der Waals surface area contributed by atoms with Crippen LogP contribution in [0.2, 0.25) is 0 Å². The molecule has 0 saturated heterocycles. The first-order valence-electron chi connectivity index (χ1n) is 10.8. The maximum Gasteiger partial charge on any atom is 0.0935 e. The van der Waals surface area contributed by atoms with Gasteiger partial charge in [-0.3, -0.25) is 4.84 Å². The Balaban J connectivity index is 2.22. The van der Waals surface area contributed by atoms with Crippen molar-refractivity contribution in [2.45, 2.75) is 97.5 Å². The van der Waals surface area contributed by atoms with Crippen LogP contribution < -0.4 is 0 Å². The van der Waals surface area contributed by atoms with E-state index in [2.05, 4.69) is 49.2 Å². The van der Waals surface area contributed by atoms with Gasteiger partial charge in [-0.15, -0.1) is 0 Å². The molecule has 1 rings (SSSR count). The lowest BCUT2D eigenvalue weighted by atomic mass is 10.1. The Bertz CT molecular complexity index is 363. The van der Waals surface area contributed by atoms with Crippen molar-refractivity contribution in [3.05, 3.63) is 35.9 Å². The highest BCUT2D eigenvalue weighted by Crippen LogP contribution is 2.11. The van der Waals surface area contributed by atoms with E-state index in [0.29, 0.717) is 6.61 Å². The monoisotopic (exact) mass is 347 g/mol. The molecule has 0 aliphatic rings. The number of hydrogen-bond acceptors (Lipinski definition) is 2. The third-order valence-corrected chi connectivity index (χ3v) is 4.78. The zero-order valence-electron chi connectivity index (χ0n) is 16.8. The zero-order valence-corrected chi connectivity index (χ0v) is 16.8. The highest BCUT2D eigenvalue weighted by molar-refractivity contribution is 5.13. The van der Waals surface area contributed by atoms with Crippen LogP contribution in [-0.2, 0) is 11.4 Å². The molecule has 0 bridgehead atoms. The molecule has 144 valence electrons. The van der Waals surface area contributed by atoms with Crippen molar-refractivity contribution < 1.29 is 4.84 Å². The fourth-order valence-corrected chi connectivity index (χ4v) is 3.12. The van der Waals surface area contributed by atoms with Crippen LogP contribution >= 0.6 is 0 Å². The summed E-state index contributed by atoms with van der Waals surface area (Å²) in [6.45, 7) is 7.41. The number of hydrogen-bond donors (Lipinski definition) is 0. The molecule has 25 heavy (non-hydrogen) atoms. The van der Waals surface area contributed by atoms with Crippen molar-refractivity contribution in [1.29, 1.82) is 0 Å². The van der Waals surface area contributed by atoms with Gasteiger partial charge in [0, 0.05) is 13.1 Å². The maximum atomic E-state index is 6.12. The molecule has 0 aliphatic carbocycles. The summed E-state index contributed by atoms with van der Waals surface area (Å²) < 4.78 is 0. The Labute approximate surface area is 156 Å². The zero-order chi connectivity index (χ0) is 18.0. The van der Waals surface area contributed by atoms with Gasteiger partial charge in [-0.25, -0.2) is 0 Å². The van der Waals surface area contributed by atoms with E-state index in [9.17, 15) is 0 Å². The second-order valence-corrected chi connectivity index (χ2v) is 7.22. The Morgan fingerprint density at radius 1 is 0.640 bits per heavy atom. The van der Waals surface area contributed by atoms with Crippen LogP contribution in [0.3, 0.4) is 0 Å². The lowest BCUT2D eigenvalue weighted by molar-refractivity contribution is -0.171. The largest absolute Gasteiger partial charge is 0.294 e. The van der Waals surface area contributed by atoms with Gasteiger partial charge in [-0.1, -0.05) is 108 Å². The summed E-state index contributed by atoms with van der Waals surface area (Å²) >= 11 is 0. The van der Waals surface area contributed by atoms with E-state index in [1.807, 2.05) is 0 Å². The number of nitrogens with zero attached hydrogens (tertiary/aromatic N) is 1. The average Bonchev–Trinajstić information content (AvgIpc) is 2.65. The van der Waals surface area contributed by atoms with Crippen LogP contribution in [0.25, 0.3) is 0 Å². The smallest absolute Gasteiger partial charge is 0.0935 e. The predicted molar refractivity (Wildman–Crippen MR) is 110 cm³/mol. The van der Waals surface area contributed by atoms with Crippen LogP contribution in [0.4, 0.5) is 0 Å². The first-order valence-corrected chi connectivity index (χ1v) is 10.8. The minimum absolute atomic E-state index is 0.701. The second kappa shape index (κ2) is 16.6. The molecule has 0 fully saturated rings. The minimum atomic E-state index is 0.701. The lowest BCUT2D eigenvalue weighted by Crippen LogP contribution is -2.26. The van der Waals surface area contributed by atoms with Crippen molar-refractivity contribution >= 4 is 0 Å². The molecule has 2 heteroatoms. The Hall–Kier alpha value is -0.860. The van der Waals surface area contributed by atoms with Gasteiger partial charge in [0.25, 0.3) is 0 Å². The van der Waals surface area contributed by atoms with Crippen LogP contribution in [-0.4, -0.2) is 18.2 Å². The summed E-state index contributed by atoms with van der Waals surface area (Å²) in [5.74, 6) is 0. The van der Waals surface area contributed by atoms with Gasteiger partial charge in [-0.05, 0) is 18.4 Å². The van der Waals surface area contributed by atoms with E-state index in [0.717, 1.165) is 13.1 Å². The van der Waals surface area contributed by atoms with E-state index in [-0.39, 0.29) is 0 Å². The van der Waals surface area contributed by atoms with Crippen molar-refractivity contribution in [3.8, 4) is 0 Å². The van der Waals surface area contributed by atoms with Crippen molar-refractivity contribution in [2.75, 3.05) is 13.1 Å². The van der Waals surface area contributed by atoms with E-state index in [1.54, 1.807) is 0 Å². The van der Waals surface area contributed by atoms with E-state index < -0.39 is 0 Å². The molecular weight excluding hydrogens is 306 g/mol. The second-order valence-electron chi connectivity index (χ2n) is 7.22. The topological polar surface area (TPSA) is 12.5 Å². The molecule has 0 aromatic heterocycles. The fraction of sp³-hybridized carbons (Fsp3) is 0.739. The Morgan fingerprint density at radius 3 is 1.64 bits per heavy atom. The maximum absolute atomic E-state index is 6.12. The van der Waals surface area contributed by atoms with Gasteiger partial charge in [0.05, 0.1) is 6.61 Å². The number of rotatable bonds is 17. The molecule has 1 aromatic carbocycles. The molecule has 0 radical (unpaired) electrons. The minimum Gasteiger partial charge on any atom is -0.294 e. The van der Waals surface area contributed by atoms with Gasteiger partial charge in [0.15, 0.2) is 0 Å². The number of hydroxylamine groups is 2. The third-order valence-electron chi connectivity index (χ3n) is 4.78. The lowest BCUT2D eigenvalue weighted by Gasteiger charge is -2.22. The molecule has 1 aromatic rings. The third kappa shape index (κ3) is 13.1. The summed E-state index contributed by atoms with van der Waals surface area (Å²) in [4.78, 5) is 6.12. The van der Waals surface area contributed by atoms with E-state index in [1.165, 1.54) is 82.6 Å². The standard InChI is InChI=1S/C23H41NO/c1-3-5-7-9-11-16-20-24(21-17-12-10-8-6-4-2)25-22-23-18-14-13-15-19-23/h13-15,18-19H,3-12,16-17,20-22H2,1-2H3. The first-order chi connectivity index (χ1) is 12.4. The SMILES string of the molecule is CCCCCCCCN(CCCCCCCC)OCc1ccccc1. The Kier molecular flexibility index (Phi) is 14.7. The quantitative estimate of drug-likeness (QED) is 0.219. The predicted octanol–water partition coefficient (Wildman–Crippen LogP) is 7.14. The highest BCUT2D eigenvalue weighted by atomic mass is 16.7. The molecule has 0 saturated carbocycles. The summed E-state index contributed by atoms with van der Waals surface area (Å²) in [5, 5.41) is 2.23. The van der Waals surface area contributed by atoms with Crippen LogP contribution in [0.15, 0.2) is 30.3 Å². The molecule has 0 amide bonds. The number of unbranched alkanes of at least 4 members (excludes halogenated alkanes) is 10. The molecule has 0 atom stereocenters. The fourth-order valence-electron chi connectivity index (χ4n) is 3.12. The van der Waals surface area contributed by atoms with Gasteiger partial charge in [0.1, 0.15) is 0 Å². The highest BCUT2D eigenvalue weighted by Gasteiger charge is 2.06. The van der Waals surface area contributed by atoms with E-state index >= 15 is 0 Å². The normalized spacial score (nSPS) is 11.3. The molecule has 0 N–H and O–H groups in total. The molecule has 0 spiro atoms. The molecule has 2 nitrogen and oxygen atoms in total. The van der Waals surface area contributed by atoms with Gasteiger partial charge >= 0.3 is 0 Å². The van der Waals surface area contributed by atoms with Crippen LogP contribution in [0.5, 0.6) is 0 Å². The van der Waals surface area contributed by atoms with E-state index in [4.69, 9.17) is 4.84 Å². The summed E-state index contributed by atoms with van der Waals surface area (Å²) in [7, 11) is 0. The van der Waals surface area contributed by atoms with Crippen molar-refractivity contribution in [2.24, 2.45) is 0 Å². The van der Waals surface area contributed by atoms with Crippen LogP contribution in [0.1, 0.15) is 96.5 Å². The van der Waals surface area contributed by atoms with Crippen molar-refractivity contribution in [1.82, 2.24) is 5.06 Å². The molecule has 0 unspecified atom stereocenters. The molecular formula is C23H41NO. The molecule has 0 heterocycles. The Morgan fingerprint density at radius 2 is 1.12 bits per heavy atom.